The molecule has 0 aliphatic rings. The molecule has 20 heavy (non-hydrogen) atoms. The maximum atomic E-state index is 13.5. The molecule has 0 spiro atoms. The number of nitrogens with zero attached hydrogens (tertiary/aromatic N) is 1. The lowest BCUT2D eigenvalue weighted by atomic mass is 10.00. The number of benzene rings is 2. The predicted molar refractivity (Wildman–Crippen MR) is 63.2 cm³/mol. The van der Waals surface area contributed by atoms with E-state index >= 15 is 0 Å². The van der Waals surface area contributed by atoms with Crippen LogP contribution >= 0.6 is 0 Å². The van der Waals surface area contributed by atoms with Gasteiger partial charge in [-0.3, -0.25) is 0 Å². The molecule has 2 aromatic carbocycles. The highest BCUT2D eigenvalue weighted by Gasteiger charge is 2.31. The van der Waals surface area contributed by atoms with Crippen molar-refractivity contribution in [2.75, 3.05) is 0 Å². The van der Waals surface area contributed by atoms with E-state index in [1.165, 1.54) is 24.3 Å². The summed E-state index contributed by atoms with van der Waals surface area (Å²) in [6.45, 7) is 0. The van der Waals surface area contributed by atoms with E-state index in [1.54, 1.807) is 6.07 Å². The Labute approximate surface area is 111 Å². The van der Waals surface area contributed by atoms with E-state index in [4.69, 9.17) is 5.26 Å². The third-order valence-electron chi connectivity index (χ3n) is 2.50. The topological polar surface area (TPSA) is 33.0 Å². The molecule has 0 radical (unpaired) electrons. The van der Waals surface area contributed by atoms with Gasteiger partial charge in [-0.1, -0.05) is 24.3 Å². The van der Waals surface area contributed by atoms with Crippen molar-refractivity contribution in [3.05, 3.63) is 53.8 Å². The normalized spacial score (nSPS) is 10.9. The molecular formula is C14H7F4NO. The molecule has 0 aliphatic heterocycles. The largest absolute Gasteiger partial charge is 0.573 e. The minimum absolute atomic E-state index is 0.208. The van der Waals surface area contributed by atoms with Crippen LogP contribution in [0, 0.1) is 17.1 Å². The van der Waals surface area contributed by atoms with E-state index in [0.717, 1.165) is 18.2 Å². The molecule has 0 unspecified atom stereocenters. The minimum Gasteiger partial charge on any atom is -0.406 e. The SMILES string of the molecule is N#Cc1c(F)cccc1-c1cccc(OC(F)(F)F)c1. The molecule has 0 heterocycles. The zero-order valence-corrected chi connectivity index (χ0v) is 9.91. The number of alkyl halides is 3. The van der Waals surface area contributed by atoms with E-state index in [1.807, 2.05) is 0 Å². The molecule has 0 aromatic heterocycles. The fraction of sp³-hybridized carbons (Fsp3) is 0.0714. The smallest absolute Gasteiger partial charge is 0.406 e. The molecule has 102 valence electrons. The second kappa shape index (κ2) is 5.21. The number of hydrogen-bond donors (Lipinski definition) is 0. The summed E-state index contributed by atoms with van der Waals surface area (Å²) in [4.78, 5) is 0. The average Bonchev–Trinajstić information content (AvgIpc) is 2.36. The van der Waals surface area contributed by atoms with Gasteiger partial charge in [-0.2, -0.15) is 5.26 Å². The second-order valence-electron chi connectivity index (χ2n) is 3.85. The summed E-state index contributed by atoms with van der Waals surface area (Å²) in [5.74, 6) is -1.16. The summed E-state index contributed by atoms with van der Waals surface area (Å²) in [7, 11) is 0. The first-order valence-electron chi connectivity index (χ1n) is 5.45. The van der Waals surface area contributed by atoms with Gasteiger partial charge in [0.1, 0.15) is 17.6 Å². The van der Waals surface area contributed by atoms with Crippen molar-refractivity contribution in [2.45, 2.75) is 6.36 Å². The van der Waals surface area contributed by atoms with Crippen LogP contribution in [0.2, 0.25) is 0 Å². The van der Waals surface area contributed by atoms with Gasteiger partial charge >= 0.3 is 6.36 Å². The number of ether oxygens (including phenoxy) is 1. The van der Waals surface area contributed by atoms with Crippen LogP contribution in [-0.4, -0.2) is 6.36 Å². The maximum absolute atomic E-state index is 13.5. The first-order valence-corrected chi connectivity index (χ1v) is 5.45. The third-order valence-corrected chi connectivity index (χ3v) is 2.50. The van der Waals surface area contributed by atoms with Crippen molar-refractivity contribution in [3.63, 3.8) is 0 Å². The highest BCUT2D eigenvalue weighted by atomic mass is 19.4. The number of rotatable bonds is 2. The van der Waals surface area contributed by atoms with Crippen molar-refractivity contribution >= 4 is 0 Å². The Morgan fingerprint density at radius 3 is 2.40 bits per heavy atom. The van der Waals surface area contributed by atoms with Crippen LogP contribution in [0.4, 0.5) is 17.6 Å². The quantitative estimate of drug-likeness (QED) is 0.770. The monoisotopic (exact) mass is 281 g/mol. The van der Waals surface area contributed by atoms with E-state index in [9.17, 15) is 17.6 Å². The lowest BCUT2D eigenvalue weighted by Gasteiger charge is -2.11. The van der Waals surface area contributed by atoms with Crippen molar-refractivity contribution in [3.8, 4) is 22.9 Å². The van der Waals surface area contributed by atoms with Crippen LogP contribution in [0.1, 0.15) is 5.56 Å². The molecule has 0 saturated carbocycles. The molecule has 0 bridgehead atoms. The van der Waals surface area contributed by atoms with Gasteiger partial charge in [-0.25, -0.2) is 4.39 Å². The number of nitriles is 1. The van der Waals surface area contributed by atoms with Gasteiger partial charge in [0.25, 0.3) is 0 Å². The van der Waals surface area contributed by atoms with E-state index < -0.39 is 17.9 Å². The third kappa shape index (κ3) is 3.06. The van der Waals surface area contributed by atoms with Crippen LogP contribution in [0.15, 0.2) is 42.5 Å². The van der Waals surface area contributed by atoms with Gasteiger partial charge in [0, 0.05) is 5.56 Å². The van der Waals surface area contributed by atoms with Crippen LogP contribution < -0.4 is 4.74 Å². The standard InChI is InChI=1S/C14H7F4NO/c15-13-6-2-5-11(12(13)8-19)9-3-1-4-10(7-9)20-14(16,17)18/h1-7H. The highest BCUT2D eigenvalue weighted by molar-refractivity contribution is 5.71. The summed E-state index contributed by atoms with van der Waals surface area (Å²) < 4.78 is 53.7. The van der Waals surface area contributed by atoms with E-state index in [-0.39, 0.29) is 16.7 Å². The molecule has 6 heteroatoms. The molecular weight excluding hydrogens is 274 g/mol. The molecule has 2 rings (SSSR count). The van der Waals surface area contributed by atoms with Gasteiger partial charge in [0.05, 0.1) is 5.56 Å². The lowest BCUT2D eigenvalue weighted by molar-refractivity contribution is -0.274. The summed E-state index contributed by atoms with van der Waals surface area (Å²) in [6, 6.07) is 10.7. The Morgan fingerprint density at radius 1 is 1.05 bits per heavy atom. The first kappa shape index (κ1) is 13.9. The molecule has 0 amide bonds. The van der Waals surface area contributed by atoms with Gasteiger partial charge < -0.3 is 4.74 Å². The van der Waals surface area contributed by atoms with Crippen LogP contribution in [0.25, 0.3) is 11.1 Å². The van der Waals surface area contributed by atoms with Crippen molar-refractivity contribution in [1.82, 2.24) is 0 Å². The summed E-state index contributed by atoms with van der Waals surface area (Å²) in [6.07, 6.45) is -4.81. The van der Waals surface area contributed by atoms with Gasteiger partial charge in [0.15, 0.2) is 0 Å². The van der Waals surface area contributed by atoms with Crippen molar-refractivity contribution in [1.29, 1.82) is 5.26 Å². The summed E-state index contributed by atoms with van der Waals surface area (Å²) in [5, 5.41) is 8.92. The minimum atomic E-state index is -4.81. The number of halogens is 4. The average molecular weight is 281 g/mol. The Hall–Kier alpha value is -2.55. The van der Waals surface area contributed by atoms with E-state index in [2.05, 4.69) is 4.74 Å². The summed E-state index contributed by atoms with van der Waals surface area (Å²) in [5.41, 5.74) is 0.250. The second-order valence-corrected chi connectivity index (χ2v) is 3.85. The predicted octanol–water partition coefficient (Wildman–Crippen LogP) is 4.26. The Bertz CT molecular complexity index is 674. The fourth-order valence-corrected chi connectivity index (χ4v) is 1.74. The van der Waals surface area contributed by atoms with Gasteiger partial charge in [0.2, 0.25) is 0 Å². The zero-order valence-electron chi connectivity index (χ0n) is 9.91. The highest BCUT2D eigenvalue weighted by Crippen LogP contribution is 2.30. The first-order chi connectivity index (χ1) is 9.40. The Balaban J connectivity index is 2.47. The molecule has 2 nitrogen and oxygen atoms in total. The molecule has 0 atom stereocenters. The molecule has 0 aliphatic carbocycles. The maximum Gasteiger partial charge on any atom is 0.573 e. The van der Waals surface area contributed by atoms with Crippen LogP contribution in [0.3, 0.4) is 0 Å². The Morgan fingerprint density at radius 2 is 1.75 bits per heavy atom. The van der Waals surface area contributed by atoms with Crippen LogP contribution in [-0.2, 0) is 0 Å². The molecule has 0 fully saturated rings. The Kier molecular flexibility index (Phi) is 3.61. The van der Waals surface area contributed by atoms with Crippen molar-refractivity contribution in [2.24, 2.45) is 0 Å². The molecule has 0 saturated heterocycles. The molecule has 0 N–H and O–H groups in total. The van der Waals surface area contributed by atoms with Gasteiger partial charge in [-0.15, -0.1) is 13.2 Å². The molecule has 2 aromatic rings. The fourth-order valence-electron chi connectivity index (χ4n) is 1.74. The lowest BCUT2D eigenvalue weighted by Crippen LogP contribution is -2.17. The van der Waals surface area contributed by atoms with E-state index in [0.29, 0.717) is 0 Å². The van der Waals surface area contributed by atoms with Crippen molar-refractivity contribution < 1.29 is 22.3 Å². The van der Waals surface area contributed by atoms with Crippen LogP contribution in [0.5, 0.6) is 5.75 Å². The number of hydrogen-bond acceptors (Lipinski definition) is 2. The summed E-state index contributed by atoms with van der Waals surface area (Å²) >= 11 is 0. The van der Waals surface area contributed by atoms with Gasteiger partial charge in [-0.05, 0) is 23.8 Å². The zero-order chi connectivity index (χ0) is 14.8.